The topological polar surface area (TPSA) is 85.8 Å². The molecule has 2 aliphatic rings. The Balaban J connectivity index is 1.32. The molecule has 220 valence electrons. The highest BCUT2D eigenvalue weighted by atomic mass is 19.3. The first kappa shape index (κ1) is 27.8. The fourth-order valence-corrected chi connectivity index (χ4v) is 6.60. The smallest absolute Gasteiger partial charge is 0.387 e. The van der Waals surface area contributed by atoms with Crippen LogP contribution >= 0.6 is 0 Å². The predicted molar refractivity (Wildman–Crippen MR) is 151 cm³/mol. The first-order valence-corrected chi connectivity index (χ1v) is 14.5. The van der Waals surface area contributed by atoms with Crippen LogP contribution in [-0.4, -0.2) is 78.5 Å². The molecule has 3 aromatic heterocycles. The molecule has 2 saturated heterocycles. The lowest BCUT2D eigenvalue weighted by atomic mass is 9.91. The third-order valence-electron chi connectivity index (χ3n) is 8.46. The van der Waals surface area contributed by atoms with Gasteiger partial charge in [-0.2, -0.15) is 13.8 Å². The molecule has 0 radical (unpaired) electrons. The van der Waals surface area contributed by atoms with E-state index in [9.17, 15) is 8.78 Å². The van der Waals surface area contributed by atoms with Crippen LogP contribution in [0.3, 0.4) is 0 Å². The number of anilines is 1. The summed E-state index contributed by atoms with van der Waals surface area (Å²) < 4.78 is 40.0. The number of halogens is 2. The number of fused-ring (bicyclic) bond motifs is 3. The maximum absolute atomic E-state index is 12.7. The van der Waals surface area contributed by atoms with Gasteiger partial charge in [-0.3, -0.25) is 4.90 Å². The van der Waals surface area contributed by atoms with Gasteiger partial charge < -0.3 is 18.9 Å². The third kappa shape index (κ3) is 5.23. The number of hydrogen-bond acceptors (Lipinski definition) is 8. The van der Waals surface area contributed by atoms with Gasteiger partial charge in [-0.25, -0.2) is 9.38 Å². The average molecular weight is 569 g/mol. The number of aromatic nitrogens is 6. The van der Waals surface area contributed by atoms with Crippen molar-refractivity contribution in [1.29, 1.82) is 0 Å². The quantitative estimate of drug-likeness (QED) is 0.298. The molecule has 10 nitrogen and oxygen atoms in total. The van der Waals surface area contributed by atoms with Crippen molar-refractivity contribution < 1.29 is 18.3 Å². The number of imidazole rings is 1. The van der Waals surface area contributed by atoms with E-state index in [1.165, 1.54) is 0 Å². The summed E-state index contributed by atoms with van der Waals surface area (Å²) in [4.78, 5) is 14.9. The molecule has 4 atom stereocenters. The maximum Gasteiger partial charge on any atom is 0.387 e. The number of alkyl halides is 2. The van der Waals surface area contributed by atoms with Gasteiger partial charge in [0.15, 0.2) is 11.5 Å². The van der Waals surface area contributed by atoms with Gasteiger partial charge in [-0.15, -0.1) is 10.2 Å². The van der Waals surface area contributed by atoms with Gasteiger partial charge in [0.25, 0.3) is 5.78 Å². The van der Waals surface area contributed by atoms with Gasteiger partial charge >= 0.3 is 6.61 Å². The highest BCUT2D eigenvalue weighted by Crippen LogP contribution is 2.37. The zero-order valence-electron chi connectivity index (χ0n) is 24.2. The van der Waals surface area contributed by atoms with Crippen molar-refractivity contribution in [3.8, 4) is 5.75 Å². The number of hydrogen-bond donors (Lipinski definition) is 0. The summed E-state index contributed by atoms with van der Waals surface area (Å²) >= 11 is 0. The summed E-state index contributed by atoms with van der Waals surface area (Å²) in [5.41, 5.74) is 2.87. The minimum absolute atomic E-state index is 0.120. The van der Waals surface area contributed by atoms with Crippen molar-refractivity contribution in [2.45, 2.75) is 84.8 Å². The largest absolute Gasteiger partial charge is 0.435 e. The molecule has 0 aliphatic carbocycles. The predicted octanol–water partition coefficient (Wildman–Crippen LogP) is 4.86. The van der Waals surface area contributed by atoms with Gasteiger partial charge in [0.05, 0.1) is 12.6 Å². The fraction of sp³-hybridized carbons (Fsp3) is 0.586. The van der Waals surface area contributed by atoms with E-state index in [0.717, 1.165) is 67.5 Å². The van der Waals surface area contributed by atoms with Gasteiger partial charge in [-0.05, 0) is 57.2 Å². The lowest BCUT2D eigenvalue weighted by molar-refractivity contribution is -0.0498. The van der Waals surface area contributed by atoms with Crippen LogP contribution in [0.5, 0.6) is 5.75 Å². The van der Waals surface area contributed by atoms with Crippen LogP contribution in [0.25, 0.3) is 16.9 Å². The lowest BCUT2D eigenvalue weighted by Crippen LogP contribution is -2.58. The molecule has 0 N–H and O–H groups in total. The minimum Gasteiger partial charge on any atom is -0.435 e. The number of rotatable bonds is 8. The number of benzene rings is 1. The highest BCUT2D eigenvalue weighted by Gasteiger charge is 2.37. The molecule has 2 fully saturated rings. The van der Waals surface area contributed by atoms with E-state index in [2.05, 4.69) is 57.0 Å². The SMILES string of the molecule is Cc1nc2c(N3C[C@@H](C)N([C@H](c4ccc(OC(F)F)cc4)C(C)C)C[C@@H]3C)nc3nncn3c2n1C[C@@H]1CCCO1. The summed E-state index contributed by atoms with van der Waals surface area (Å²) in [6.07, 6.45) is 3.99. The summed E-state index contributed by atoms with van der Waals surface area (Å²) in [5, 5.41) is 8.48. The Hall–Kier alpha value is -3.38. The van der Waals surface area contributed by atoms with E-state index >= 15 is 0 Å². The second-order valence-corrected chi connectivity index (χ2v) is 11.7. The summed E-state index contributed by atoms with van der Waals surface area (Å²) in [7, 11) is 0. The van der Waals surface area contributed by atoms with E-state index in [4.69, 9.17) is 14.7 Å². The first-order chi connectivity index (χ1) is 19.7. The fourth-order valence-electron chi connectivity index (χ4n) is 6.60. The van der Waals surface area contributed by atoms with E-state index in [-0.39, 0.29) is 30.0 Å². The van der Waals surface area contributed by atoms with Crippen molar-refractivity contribution in [3.63, 3.8) is 0 Å². The van der Waals surface area contributed by atoms with Crippen LogP contribution in [-0.2, 0) is 11.3 Å². The molecule has 5 heterocycles. The molecule has 0 bridgehead atoms. The van der Waals surface area contributed by atoms with E-state index < -0.39 is 6.61 Å². The first-order valence-electron chi connectivity index (χ1n) is 14.5. The van der Waals surface area contributed by atoms with Gasteiger partial charge in [-0.1, -0.05) is 26.0 Å². The van der Waals surface area contributed by atoms with Crippen molar-refractivity contribution in [2.75, 3.05) is 24.6 Å². The molecule has 0 amide bonds. The second kappa shape index (κ2) is 11.1. The Morgan fingerprint density at radius 1 is 1.07 bits per heavy atom. The second-order valence-electron chi connectivity index (χ2n) is 11.7. The minimum atomic E-state index is -2.83. The summed E-state index contributed by atoms with van der Waals surface area (Å²) in [6.45, 7) is 11.1. The summed E-state index contributed by atoms with van der Waals surface area (Å²) in [5.74, 6) is 2.77. The number of nitrogens with zero attached hydrogens (tertiary/aromatic N) is 8. The van der Waals surface area contributed by atoms with Gasteiger partial charge in [0.2, 0.25) is 0 Å². The molecule has 0 saturated carbocycles. The average Bonchev–Trinajstić information content (AvgIpc) is 3.67. The maximum atomic E-state index is 12.7. The Bertz CT molecular complexity index is 1500. The molecule has 1 aromatic carbocycles. The Labute approximate surface area is 238 Å². The molecular formula is C29H38F2N8O2. The zero-order valence-corrected chi connectivity index (χ0v) is 24.2. The van der Waals surface area contributed by atoms with Crippen molar-refractivity contribution in [3.05, 3.63) is 42.0 Å². The number of piperazine rings is 1. The van der Waals surface area contributed by atoms with Crippen LogP contribution in [0.4, 0.5) is 14.6 Å². The van der Waals surface area contributed by atoms with Crippen molar-refractivity contribution in [2.24, 2.45) is 5.92 Å². The Morgan fingerprint density at radius 2 is 1.85 bits per heavy atom. The normalized spacial score (nSPS) is 23.0. The molecular weight excluding hydrogens is 530 g/mol. The highest BCUT2D eigenvalue weighted by molar-refractivity contribution is 5.87. The molecule has 12 heteroatoms. The molecule has 0 spiro atoms. The monoisotopic (exact) mass is 568 g/mol. The molecule has 2 aliphatic heterocycles. The van der Waals surface area contributed by atoms with Crippen molar-refractivity contribution >= 4 is 22.8 Å². The van der Waals surface area contributed by atoms with Crippen LogP contribution in [0.15, 0.2) is 30.6 Å². The lowest BCUT2D eigenvalue weighted by Gasteiger charge is -2.49. The van der Waals surface area contributed by atoms with Crippen LogP contribution in [0.2, 0.25) is 0 Å². The number of aryl methyl sites for hydroxylation is 1. The zero-order chi connectivity index (χ0) is 28.8. The molecule has 0 unspecified atom stereocenters. The third-order valence-corrected chi connectivity index (χ3v) is 8.46. The molecule has 41 heavy (non-hydrogen) atoms. The summed E-state index contributed by atoms with van der Waals surface area (Å²) in [6, 6.07) is 7.51. The standard InChI is InChI=1S/C29H38F2N8O2/c1-17(2)25(21-8-10-22(11-9-21)41-28(30)31)36-13-19(4)37(14-18(36)3)26-24-27(39-16-32-35-29(39)34-26)38(20(5)33-24)15-23-7-6-12-40-23/h8-11,16-19,23,25,28H,6-7,12-15H2,1-5H3/t18-,19+,23+,25+/m1/s1. The van der Waals surface area contributed by atoms with Crippen LogP contribution in [0, 0.1) is 12.8 Å². The van der Waals surface area contributed by atoms with E-state index in [1.54, 1.807) is 18.5 Å². The molecule has 6 rings (SSSR count). The van der Waals surface area contributed by atoms with E-state index in [0.29, 0.717) is 11.7 Å². The molecule has 4 aromatic rings. The van der Waals surface area contributed by atoms with Crippen LogP contribution in [0.1, 0.15) is 58.0 Å². The van der Waals surface area contributed by atoms with Crippen LogP contribution < -0.4 is 9.64 Å². The Morgan fingerprint density at radius 3 is 2.54 bits per heavy atom. The van der Waals surface area contributed by atoms with E-state index in [1.807, 2.05) is 23.5 Å². The van der Waals surface area contributed by atoms with Crippen molar-refractivity contribution in [1.82, 2.24) is 34.0 Å². The van der Waals surface area contributed by atoms with Gasteiger partial charge in [0, 0.05) is 37.8 Å². The number of ether oxygens (including phenoxy) is 2. The van der Waals surface area contributed by atoms with Gasteiger partial charge in [0.1, 0.15) is 23.4 Å². The Kier molecular flexibility index (Phi) is 7.54.